The van der Waals surface area contributed by atoms with E-state index in [0.29, 0.717) is 6.08 Å². The second-order valence-corrected chi connectivity index (χ2v) is 16.0. The van der Waals surface area contributed by atoms with Gasteiger partial charge in [0.05, 0.1) is 6.61 Å². The summed E-state index contributed by atoms with van der Waals surface area (Å²) in [6, 6.07) is 0. The Morgan fingerprint density at radius 3 is 2.08 bits per heavy atom. The number of ether oxygens (including phenoxy) is 1. The maximum Gasteiger partial charge on any atom is 0.389 e. The minimum atomic E-state index is -4.33. The fraction of sp³-hybridized carbons (Fsp3) is 0.714. The molecule has 0 aromatic heterocycles. The Labute approximate surface area is 142 Å². The molecular weight excluding hydrogens is 361 g/mol. The molecule has 0 saturated carbocycles. The molecule has 24 heavy (non-hydrogen) atoms. The zero-order valence-electron chi connectivity index (χ0n) is 14.6. The van der Waals surface area contributed by atoms with Crippen LogP contribution in [0.3, 0.4) is 0 Å². The molecule has 1 N–H and O–H groups in total. The van der Waals surface area contributed by atoms with Gasteiger partial charge in [0, 0.05) is 18.6 Å². The average Bonchev–Trinajstić information content (AvgIpc) is 2.30. The summed E-state index contributed by atoms with van der Waals surface area (Å²) in [7, 11) is -4.65. The Balaban J connectivity index is 4.86. The molecule has 0 aliphatic carbocycles. The first-order valence-electron chi connectivity index (χ1n) is 7.47. The number of carboxylic acid groups (broad SMARTS) is 1. The lowest BCUT2D eigenvalue weighted by Gasteiger charge is -2.38. The number of esters is 1. The van der Waals surface area contributed by atoms with Crippen LogP contribution in [0.15, 0.2) is 12.2 Å². The highest BCUT2D eigenvalue weighted by Gasteiger charge is 2.43. The normalized spacial score (nSPS) is 14.7. The maximum atomic E-state index is 12.9. The molecule has 0 aliphatic rings. The summed E-state index contributed by atoms with van der Waals surface area (Å²) >= 11 is 0. The van der Waals surface area contributed by atoms with Gasteiger partial charge in [-0.1, -0.05) is 0 Å². The van der Waals surface area contributed by atoms with E-state index >= 15 is 0 Å². The highest BCUT2D eigenvalue weighted by Crippen LogP contribution is 2.39. The van der Waals surface area contributed by atoms with Gasteiger partial charge in [-0.15, -0.1) is 0 Å². The molecular formula is C14H25F3O5Si2. The van der Waals surface area contributed by atoms with Gasteiger partial charge in [0.25, 0.3) is 0 Å². The molecule has 0 fully saturated rings. The molecule has 0 heterocycles. The second kappa shape index (κ2) is 8.81. The number of alkyl halides is 3. The van der Waals surface area contributed by atoms with Crippen LogP contribution in [0, 0.1) is 0 Å². The minimum Gasteiger partial charge on any atom is -0.478 e. The smallest absolute Gasteiger partial charge is 0.389 e. The second-order valence-electron chi connectivity index (χ2n) is 6.96. The summed E-state index contributed by atoms with van der Waals surface area (Å²) < 4.78 is 49.4. The third-order valence-electron chi connectivity index (χ3n) is 3.10. The van der Waals surface area contributed by atoms with Gasteiger partial charge in [0.15, 0.2) is 16.6 Å². The van der Waals surface area contributed by atoms with E-state index in [-0.39, 0.29) is 13.0 Å². The lowest BCUT2D eigenvalue weighted by atomic mass is 10.2. The molecule has 0 radical (unpaired) electrons. The first-order valence-corrected chi connectivity index (χ1v) is 13.9. The molecule has 0 amide bonds. The lowest BCUT2D eigenvalue weighted by molar-refractivity contribution is -0.141. The van der Waals surface area contributed by atoms with Crippen molar-refractivity contribution in [1.82, 2.24) is 0 Å². The van der Waals surface area contributed by atoms with E-state index in [9.17, 15) is 22.8 Å². The van der Waals surface area contributed by atoms with Crippen molar-refractivity contribution in [2.24, 2.45) is 0 Å². The van der Waals surface area contributed by atoms with Crippen molar-refractivity contribution >= 4 is 28.6 Å². The molecule has 0 aliphatic heterocycles. The molecule has 0 rings (SSSR count). The molecule has 1 unspecified atom stereocenters. The van der Waals surface area contributed by atoms with Crippen LogP contribution in [0.1, 0.15) is 12.8 Å². The average molecular weight is 387 g/mol. The molecule has 0 spiro atoms. The number of hydrogen-bond donors (Lipinski definition) is 1. The number of hydrogen-bond acceptors (Lipinski definition) is 4. The van der Waals surface area contributed by atoms with E-state index in [0.717, 1.165) is 6.08 Å². The van der Waals surface area contributed by atoms with Gasteiger partial charge >= 0.3 is 18.1 Å². The first-order chi connectivity index (χ1) is 10.6. The van der Waals surface area contributed by atoms with Gasteiger partial charge in [-0.3, -0.25) is 0 Å². The summed E-state index contributed by atoms with van der Waals surface area (Å²) in [5, 5.41) is 8.39. The quantitative estimate of drug-likeness (QED) is 0.369. The van der Waals surface area contributed by atoms with Crippen LogP contribution in [0.25, 0.3) is 0 Å². The number of carbonyl (C=O) groups excluding carboxylic acids is 1. The van der Waals surface area contributed by atoms with Crippen LogP contribution >= 0.6 is 0 Å². The molecule has 5 nitrogen and oxygen atoms in total. The third kappa shape index (κ3) is 11.4. The minimum absolute atomic E-state index is 0.0237. The van der Waals surface area contributed by atoms with Gasteiger partial charge < -0.3 is 14.0 Å². The summed E-state index contributed by atoms with van der Waals surface area (Å²) in [6.07, 6.45) is -3.95. The predicted octanol–water partition coefficient (Wildman–Crippen LogP) is 3.94. The number of rotatable bonds is 9. The fourth-order valence-corrected chi connectivity index (χ4v) is 10.9. The Morgan fingerprint density at radius 2 is 1.67 bits per heavy atom. The zero-order valence-corrected chi connectivity index (χ0v) is 16.6. The molecule has 0 bridgehead atoms. The van der Waals surface area contributed by atoms with Crippen LogP contribution in [0.2, 0.25) is 38.3 Å². The molecule has 1 atom stereocenters. The molecule has 0 aromatic carbocycles. The number of aliphatic carboxylic acids is 1. The Morgan fingerprint density at radius 1 is 1.12 bits per heavy atom. The SMILES string of the molecule is C[Si](C)(C)O[Si](C)(C)C(CCOC(=O)/C=C/C(=O)O)CC(F)(F)F. The first kappa shape index (κ1) is 22.9. The summed E-state index contributed by atoms with van der Waals surface area (Å²) in [6.45, 7) is 9.03. The number of carboxylic acids is 1. The molecule has 0 saturated heterocycles. The predicted molar refractivity (Wildman–Crippen MR) is 88.7 cm³/mol. The highest BCUT2D eigenvalue weighted by molar-refractivity contribution is 6.85. The number of halogens is 3. The van der Waals surface area contributed by atoms with Crippen molar-refractivity contribution in [3.63, 3.8) is 0 Å². The Hall–Kier alpha value is -1.14. The van der Waals surface area contributed by atoms with Crippen molar-refractivity contribution in [2.75, 3.05) is 6.61 Å². The van der Waals surface area contributed by atoms with E-state index in [2.05, 4.69) is 0 Å². The van der Waals surface area contributed by atoms with Crippen LogP contribution in [-0.4, -0.2) is 46.5 Å². The number of carbonyl (C=O) groups is 2. The van der Waals surface area contributed by atoms with Crippen LogP contribution in [-0.2, 0) is 18.4 Å². The molecule has 10 heteroatoms. The van der Waals surface area contributed by atoms with Gasteiger partial charge in [0.1, 0.15) is 0 Å². The maximum absolute atomic E-state index is 12.9. The van der Waals surface area contributed by atoms with Gasteiger partial charge in [-0.2, -0.15) is 13.2 Å². The van der Waals surface area contributed by atoms with Crippen molar-refractivity contribution in [3.05, 3.63) is 12.2 Å². The van der Waals surface area contributed by atoms with E-state index in [1.54, 1.807) is 13.1 Å². The highest BCUT2D eigenvalue weighted by atomic mass is 28.4. The topological polar surface area (TPSA) is 72.8 Å². The third-order valence-corrected chi connectivity index (χ3v) is 10.1. The standard InChI is InChI=1S/C14H25F3O5Si2/c1-23(2,3)22-24(4,5)11(10-14(15,16)17)8-9-21-13(20)7-6-12(18)19/h6-7,11H,8-10H2,1-5H3,(H,18,19)/b7-6+. The van der Waals surface area contributed by atoms with Crippen molar-refractivity contribution in [2.45, 2.75) is 57.3 Å². The van der Waals surface area contributed by atoms with Gasteiger partial charge in [-0.05, 0) is 44.7 Å². The van der Waals surface area contributed by atoms with E-state index in [1.165, 1.54) is 0 Å². The summed E-state index contributed by atoms with van der Waals surface area (Å²) in [5.74, 6) is -2.20. The largest absolute Gasteiger partial charge is 0.478 e. The van der Waals surface area contributed by atoms with Crippen molar-refractivity contribution in [1.29, 1.82) is 0 Å². The van der Waals surface area contributed by atoms with Gasteiger partial charge in [-0.25, -0.2) is 9.59 Å². The molecule has 140 valence electrons. The van der Waals surface area contributed by atoms with E-state index in [1.807, 2.05) is 19.6 Å². The van der Waals surface area contributed by atoms with Crippen molar-refractivity contribution in [3.8, 4) is 0 Å². The zero-order chi connectivity index (χ0) is 19.2. The van der Waals surface area contributed by atoms with Gasteiger partial charge in [0.2, 0.25) is 0 Å². The monoisotopic (exact) mass is 386 g/mol. The Kier molecular flexibility index (Phi) is 8.39. The van der Waals surface area contributed by atoms with E-state index in [4.69, 9.17) is 14.0 Å². The van der Waals surface area contributed by atoms with E-state index < -0.39 is 46.7 Å². The summed E-state index contributed by atoms with van der Waals surface area (Å²) in [5.41, 5.74) is -0.750. The Bertz CT molecular complexity index is 470. The summed E-state index contributed by atoms with van der Waals surface area (Å²) in [4.78, 5) is 21.6. The fourth-order valence-electron chi connectivity index (χ4n) is 2.34. The lowest BCUT2D eigenvalue weighted by Crippen LogP contribution is -2.47. The van der Waals surface area contributed by atoms with Crippen LogP contribution in [0.4, 0.5) is 13.2 Å². The van der Waals surface area contributed by atoms with Crippen LogP contribution in [0.5, 0.6) is 0 Å². The molecule has 0 aromatic rings. The van der Waals surface area contributed by atoms with Crippen LogP contribution < -0.4 is 0 Å². The van der Waals surface area contributed by atoms with Crippen molar-refractivity contribution < 1.29 is 36.7 Å².